The minimum Gasteiger partial charge on any atom is -0.398 e. The molecule has 0 aliphatic carbocycles. The number of nitrogens with two attached hydrogens (primary N) is 1. The lowest BCUT2D eigenvalue weighted by atomic mass is 10.0. The van der Waals surface area contributed by atoms with E-state index in [0.717, 1.165) is 4.47 Å². The van der Waals surface area contributed by atoms with Crippen LogP contribution >= 0.6 is 27.5 Å². The van der Waals surface area contributed by atoms with Gasteiger partial charge in [0.15, 0.2) is 0 Å². The van der Waals surface area contributed by atoms with E-state index in [0.29, 0.717) is 21.8 Å². The number of hydrogen-bond acceptors (Lipinski definition) is 3. The summed E-state index contributed by atoms with van der Waals surface area (Å²) in [7, 11) is 0. The van der Waals surface area contributed by atoms with E-state index in [-0.39, 0.29) is 0 Å². The quantitative estimate of drug-likeness (QED) is 0.895. The van der Waals surface area contributed by atoms with Crippen molar-refractivity contribution in [2.45, 2.75) is 6.10 Å². The summed E-state index contributed by atoms with van der Waals surface area (Å²) >= 11 is 9.28. The minimum absolute atomic E-state index is 0.499. The summed E-state index contributed by atoms with van der Waals surface area (Å²) in [5.74, 6) is 0. The van der Waals surface area contributed by atoms with Gasteiger partial charge >= 0.3 is 0 Å². The molecular weight excluding hydrogens is 304 g/mol. The number of aliphatic hydroxyl groups excluding tert-OH is 1. The Morgan fingerprint density at radius 2 is 2.06 bits per heavy atom. The Morgan fingerprint density at radius 1 is 1.29 bits per heavy atom. The van der Waals surface area contributed by atoms with E-state index in [2.05, 4.69) is 20.9 Å². The zero-order chi connectivity index (χ0) is 12.4. The molecule has 0 spiro atoms. The Kier molecular flexibility index (Phi) is 3.66. The first-order valence-corrected chi connectivity index (χ1v) is 6.09. The molecule has 1 aromatic carbocycles. The molecule has 0 fully saturated rings. The first kappa shape index (κ1) is 12.4. The largest absolute Gasteiger partial charge is 0.398 e. The van der Waals surface area contributed by atoms with E-state index in [1.807, 2.05) is 0 Å². The van der Waals surface area contributed by atoms with Crippen molar-refractivity contribution in [3.63, 3.8) is 0 Å². The van der Waals surface area contributed by atoms with Crippen molar-refractivity contribution in [2.24, 2.45) is 0 Å². The molecule has 1 heterocycles. The van der Waals surface area contributed by atoms with Gasteiger partial charge in [-0.15, -0.1) is 0 Å². The van der Waals surface area contributed by atoms with E-state index in [1.165, 1.54) is 0 Å². The molecule has 1 atom stereocenters. The molecule has 2 rings (SSSR count). The lowest BCUT2D eigenvalue weighted by Gasteiger charge is -2.15. The van der Waals surface area contributed by atoms with Crippen LogP contribution < -0.4 is 5.73 Å². The molecule has 0 aliphatic rings. The molecule has 0 saturated carbocycles. The van der Waals surface area contributed by atoms with Crippen molar-refractivity contribution in [3.05, 3.63) is 57.3 Å². The SMILES string of the molecule is Nc1ccncc1C(O)c1cc(Cl)ccc1Br. The van der Waals surface area contributed by atoms with Crippen molar-refractivity contribution in [1.82, 2.24) is 4.98 Å². The number of benzene rings is 1. The topological polar surface area (TPSA) is 59.1 Å². The van der Waals surface area contributed by atoms with Gasteiger partial charge in [0.05, 0.1) is 0 Å². The number of anilines is 1. The first-order chi connectivity index (χ1) is 8.09. The van der Waals surface area contributed by atoms with Gasteiger partial charge in [0.25, 0.3) is 0 Å². The molecule has 0 saturated heterocycles. The molecular formula is C12H10BrClN2O. The van der Waals surface area contributed by atoms with E-state index in [4.69, 9.17) is 17.3 Å². The third-order valence-electron chi connectivity index (χ3n) is 2.43. The molecule has 1 aromatic heterocycles. The Bertz CT molecular complexity index is 548. The second-order valence-corrected chi connectivity index (χ2v) is 4.86. The zero-order valence-corrected chi connectivity index (χ0v) is 11.1. The molecule has 2 aromatic rings. The highest BCUT2D eigenvalue weighted by atomic mass is 79.9. The van der Waals surface area contributed by atoms with Gasteiger partial charge in [0.2, 0.25) is 0 Å². The zero-order valence-electron chi connectivity index (χ0n) is 8.77. The molecule has 5 heteroatoms. The fourth-order valence-electron chi connectivity index (χ4n) is 1.54. The molecule has 0 bridgehead atoms. The van der Waals surface area contributed by atoms with Crippen LogP contribution in [-0.2, 0) is 0 Å². The maximum absolute atomic E-state index is 10.3. The van der Waals surface area contributed by atoms with Gasteiger partial charge in [-0.1, -0.05) is 27.5 Å². The van der Waals surface area contributed by atoms with Crippen LogP contribution in [0, 0.1) is 0 Å². The smallest absolute Gasteiger partial charge is 0.109 e. The van der Waals surface area contributed by atoms with Crippen LogP contribution in [0.4, 0.5) is 5.69 Å². The third-order valence-corrected chi connectivity index (χ3v) is 3.39. The first-order valence-electron chi connectivity index (χ1n) is 4.92. The summed E-state index contributed by atoms with van der Waals surface area (Å²) in [4.78, 5) is 3.96. The lowest BCUT2D eigenvalue weighted by Crippen LogP contribution is -2.05. The number of aliphatic hydroxyl groups is 1. The Labute approximate surface area is 112 Å². The number of aromatic nitrogens is 1. The fraction of sp³-hybridized carbons (Fsp3) is 0.0833. The summed E-state index contributed by atoms with van der Waals surface area (Å²) in [6.45, 7) is 0. The molecule has 3 N–H and O–H groups in total. The van der Waals surface area contributed by atoms with Crippen LogP contribution in [0.3, 0.4) is 0 Å². The Balaban J connectivity index is 2.47. The van der Waals surface area contributed by atoms with Gasteiger partial charge in [-0.25, -0.2) is 0 Å². The normalized spacial score (nSPS) is 12.4. The summed E-state index contributed by atoms with van der Waals surface area (Å²) in [5.41, 5.74) is 7.53. The highest BCUT2D eigenvalue weighted by Crippen LogP contribution is 2.32. The van der Waals surface area contributed by atoms with E-state index >= 15 is 0 Å². The van der Waals surface area contributed by atoms with Crippen molar-refractivity contribution in [1.29, 1.82) is 0 Å². The maximum Gasteiger partial charge on any atom is 0.109 e. The molecule has 88 valence electrons. The average Bonchev–Trinajstić information content (AvgIpc) is 2.32. The Hall–Kier alpha value is -1.10. The van der Waals surface area contributed by atoms with Crippen LogP contribution in [0.15, 0.2) is 41.1 Å². The lowest BCUT2D eigenvalue weighted by molar-refractivity contribution is 0.220. The van der Waals surface area contributed by atoms with E-state index in [9.17, 15) is 5.11 Å². The maximum atomic E-state index is 10.3. The second kappa shape index (κ2) is 5.04. The molecule has 3 nitrogen and oxygen atoms in total. The van der Waals surface area contributed by atoms with E-state index in [1.54, 1.807) is 36.7 Å². The van der Waals surface area contributed by atoms with Gasteiger partial charge in [-0.2, -0.15) is 0 Å². The van der Waals surface area contributed by atoms with Gasteiger partial charge in [-0.05, 0) is 24.3 Å². The van der Waals surface area contributed by atoms with Crippen LogP contribution in [0.5, 0.6) is 0 Å². The van der Waals surface area contributed by atoms with Crippen LogP contribution in [0.25, 0.3) is 0 Å². The number of nitrogen functional groups attached to an aromatic ring is 1. The minimum atomic E-state index is -0.850. The molecule has 0 radical (unpaired) electrons. The van der Waals surface area contributed by atoms with Crippen molar-refractivity contribution in [3.8, 4) is 0 Å². The average molecular weight is 314 g/mol. The number of hydrogen-bond donors (Lipinski definition) is 2. The number of pyridine rings is 1. The molecule has 1 unspecified atom stereocenters. The highest BCUT2D eigenvalue weighted by Gasteiger charge is 2.16. The molecule has 17 heavy (non-hydrogen) atoms. The Morgan fingerprint density at radius 3 is 2.76 bits per heavy atom. The third kappa shape index (κ3) is 2.60. The highest BCUT2D eigenvalue weighted by molar-refractivity contribution is 9.10. The number of halogens is 2. The van der Waals surface area contributed by atoms with Crippen molar-refractivity contribution >= 4 is 33.2 Å². The monoisotopic (exact) mass is 312 g/mol. The standard InChI is InChI=1S/C12H10BrClN2O/c13-10-2-1-7(14)5-8(10)12(17)9-6-16-4-3-11(9)15/h1-6,12,17H,(H2,15,16). The fourth-order valence-corrected chi connectivity index (χ4v) is 2.18. The summed E-state index contributed by atoms with van der Waals surface area (Å²) in [6.07, 6.45) is 2.28. The van der Waals surface area contributed by atoms with E-state index < -0.39 is 6.10 Å². The summed E-state index contributed by atoms with van der Waals surface area (Å²) in [6, 6.07) is 6.88. The van der Waals surface area contributed by atoms with Gasteiger partial charge in [-0.3, -0.25) is 4.98 Å². The van der Waals surface area contributed by atoms with Crippen LogP contribution in [0.1, 0.15) is 17.2 Å². The summed E-state index contributed by atoms with van der Waals surface area (Å²) in [5, 5.41) is 10.8. The van der Waals surface area contributed by atoms with Gasteiger partial charge in [0, 0.05) is 38.7 Å². The van der Waals surface area contributed by atoms with Crippen molar-refractivity contribution < 1.29 is 5.11 Å². The van der Waals surface area contributed by atoms with Crippen LogP contribution in [0.2, 0.25) is 5.02 Å². The predicted octanol–water partition coefficient (Wildman–Crippen LogP) is 3.16. The van der Waals surface area contributed by atoms with Gasteiger partial charge < -0.3 is 10.8 Å². The molecule has 0 amide bonds. The van der Waals surface area contributed by atoms with Crippen LogP contribution in [-0.4, -0.2) is 10.1 Å². The van der Waals surface area contributed by atoms with Crippen molar-refractivity contribution in [2.75, 3.05) is 5.73 Å². The predicted molar refractivity (Wildman–Crippen MR) is 71.9 cm³/mol. The molecule has 0 aliphatic heterocycles. The summed E-state index contributed by atoms with van der Waals surface area (Å²) < 4.78 is 0.776. The number of rotatable bonds is 2. The van der Waals surface area contributed by atoms with Gasteiger partial charge in [0.1, 0.15) is 6.10 Å². The second-order valence-electron chi connectivity index (χ2n) is 3.57. The number of nitrogens with zero attached hydrogens (tertiary/aromatic N) is 1.